The first kappa shape index (κ1) is 20.5. The molecule has 0 fully saturated rings. The molecule has 2 N–H and O–H groups in total. The predicted molar refractivity (Wildman–Crippen MR) is 124 cm³/mol. The van der Waals surface area contributed by atoms with Crippen molar-refractivity contribution in [2.75, 3.05) is 12.4 Å². The molecular formula is C24H23N7O2. The Bertz CT molecular complexity index is 1360. The van der Waals surface area contributed by atoms with Crippen LogP contribution in [0.5, 0.6) is 11.5 Å². The average molecular weight is 441 g/mol. The molecule has 9 nitrogen and oxygen atoms in total. The first-order valence-electron chi connectivity index (χ1n) is 10.5. The van der Waals surface area contributed by atoms with Crippen LogP contribution in [0.4, 0.5) is 5.82 Å². The molecule has 0 spiro atoms. The first-order valence-corrected chi connectivity index (χ1v) is 10.5. The van der Waals surface area contributed by atoms with E-state index in [4.69, 9.17) is 4.74 Å². The van der Waals surface area contributed by atoms with Crippen LogP contribution in [-0.2, 0) is 19.6 Å². The monoisotopic (exact) mass is 441 g/mol. The molecule has 0 radical (unpaired) electrons. The van der Waals surface area contributed by atoms with E-state index in [-0.39, 0.29) is 5.75 Å². The van der Waals surface area contributed by atoms with Crippen LogP contribution in [0.3, 0.4) is 0 Å². The van der Waals surface area contributed by atoms with Crippen LogP contribution in [0.25, 0.3) is 11.0 Å². The molecule has 166 valence electrons. The zero-order valence-corrected chi connectivity index (χ0v) is 18.1. The quantitative estimate of drug-likeness (QED) is 0.380. The van der Waals surface area contributed by atoms with E-state index in [1.54, 1.807) is 31.5 Å². The summed E-state index contributed by atoms with van der Waals surface area (Å²) in [6.07, 6.45) is 7.16. The van der Waals surface area contributed by atoms with Gasteiger partial charge in [-0.15, -0.1) is 0 Å². The number of hydrogen-bond acceptors (Lipinski definition) is 7. The SMILES string of the molecule is COc1ccc(O)cc1CNc1ncnc2nn(Cc3ccc(Cn4cccn4)cc3)cc12. The lowest BCUT2D eigenvalue weighted by atomic mass is 10.1. The lowest BCUT2D eigenvalue weighted by molar-refractivity contribution is 0.407. The molecule has 3 heterocycles. The molecule has 0 aliphatic heterocycles. The minimum atomic E-state index is 0.184. The van der Waals surface area contributed by atoms with E-state index in [0.717, 1.165) is 23.1 Å². The normalized spacial score (nSPS) is 11.1. The van der Waals surface area contributed by atoms with E-state index in [2.05, 4.69) is 49.7 Å². The fraction of sp³-hybridized carbons (Fsp3) is 0.167. The molecule has 5 rings (SSSR count). The van der Waals surface area contributed by atoms with Gasteiger partial charge in [0.15, 0.2) is 5.65 Å². The van der Waals surface area contributed by atoms with Gasteiger partial charge in [-0.05, 0) is 35.4 Å². The summed E-state index contributed by atoms with van der Waals surface area (Å²) in [4.78, 5) is 8.69. The summed E-state index contributed by atoms with van der Waals surface area (Å²) >= 11 is 0. The van der Waals surface area contributed by atoms with Gasteiger partial charge >= 0.3 is 0 Å². The fourth-order valence-corrected chi connectivity index (χ4v) is 3.71. The maximum absolute atomic E-state index is 9.80. The van der Waals surface area contributed by atoms with Crippen LogP contribution in [0.1, 0.15) is 16.7 Å². The van der Waals surface area contributed by atoms with Crippen LogP contribution in [0.2, 0.25) is 0 Å². The number of nitrogens with zero attached hydrogens (tertiary/aromatic N) is 6. The third-order valence-corrected chi connectivity index (χ3v) is 5.35. The fourth-order valence-electron chi connectivity index (χ4n) is 3.71. The molecule has 0 atom stereocenters. The average Bonchev–Trinajstić information content (AvgIpc) is 3.48. The Kier molecular flexibility index (Phi) is 5.59. The van der Waals surface area contributed by atoms with Crippen LogP contribution in [0.15, 0.2) is 73.4 Å². The summed E-state index contributed by atoms with van der Waals surface area (Å²) in [5.41, 5.74) is 3.77. The van der Waals surface area contributed by atoms with Gasteiger partial charge in [0.25, 0.3) is 0 Å². The minimum Gasteiger partial charge on any atom is -0.508 e. The van der Waals surface area contributed by atoms with E-state index in [9.17, 15) is 5.11 Å². The number of ether oxygens (including phenoxy) is 1. The van der Waals surface area contributed by atoms with Gasteiger partial charge in [0.2, 0.25) is 0 Å². The summed E-state index contributed by atoms with van der Waals surface area (Å²) in [6, 6.07) is 15.3. The van der Waals surface area contributed by atoms with E-state index in [1.807, 2.05) is 27.8 Å². The number of anilines is 1. The number of phenolic OH excluding ortho intramolecular Hbond substituents is 1. The molecule has 0 bridgehead atoms. The van der Waals surface area contributed by atoms with Crippen molar-refractivity contribution in [3.63, 3.8) is 0 Å². The highest BCUT2D eigenvalue weighted by atomic mass is 16.5. The van der Waals surface area contributed by atoms with Gasteiger partial charge in [0.05, 0.1) is 25.6 Å². The Morgan fingerprint density at radius 3 is 2.52 bits per heavy atom. The Morgan fingerprint density at radius 1 is 1.00 bits per heavy atom. The van der Waals surface area contributed by atoms with Gasteiger partial charge < -0.3 is 15.2 Å². The van der Waals surface area contributed by atoms with Crippen molar-refractivity contribution in [2.45, 2.75) is 19.6 Å². The second-order valence-electron chi connectivity index (χ2n) is 7.66. The van der Waals surface area contributed by atoms with E-state index in [1.165, 1.54) is 11.9 Å². The van der Waals surface area contributed by atoms with Gasteiger partial charge in [-0.1, -0.05) is 24.3 Å². The second kappa shape index (κ2) is 8.99. The number of nitrogens with one attached hydrogen (secondary N) is 1. The maximum atomic E-state index is 9.80. The summed E-state index contributed by atoms with van der Waals surface area (Å²) < 4.78 is 9.14. The predicted octanol–water partition coefficient (Wildman–Crippen LogP) is 3.45. The molecule has 2 aromatic carbocycles. The Hall–Kier alpha value is -4.40. The molecule has 0 amide bonds. The van der Waals surface area contributed by atoms with Crippen LogP contribution in [0, 0.1) is 0 Å². The Balaban J connectivity index is 1.31. The van der Waals surface area contributed by atoms with E-state index >= 15 is 0 Å². The topological polar surface area (TPSA) is 103 Å². The number of benzene rings is 2. The number of fused-ring (bicyclic) bond motifs is 1. The lowest BCUT2D eigenvalue weighted by Gasteiger charge is -2.10. The highest BCUT2D eigenvalue weighted by molar-refractivity contribution is 5.85. The number of aromatic nitrogens is 6. The van der Waals surface area contributed by atoms with Crippen LogP contribution >= 0.6 is 0 Å². The van der Waals surface area contributed by atoms with Gasteiger partial charge in [-0.2, -0.15) is 10.2 Å². The molecule has 0 saturated heterocycles. The maximum Gasteiger partial charge on any atom is 0.186 e. The largest absolute Gasteiger partial charge is 0.508 e. The number of rotatable bonds is 8. The number of aromatic hydroxyl groups is 1. The van der Waals surface area contributed by atoms with Gasteiger partial charge in [0, 0.05) is 30.7 Å². The van der Waals surface area contributed by atoms with E-state index < -0.39 is 0 Å². The van der Waals surface area contributed by atoms with Crippen molar-refractivity contribution >= 4 is 16.9 Å². The van der Waals surface area contributed by atoms with Crippen molar-refractivity contribution in [1.82, 2.24) is 29.5 Å². The molecule has 9 heteroatoms. The van der Waals surface area contributed by atoms with Gasteiger partial charge in [-0.3, -0.25) is 9.36 Å². The van der Waals surface area contributed by atoms with Crippen molar-refractivity contribution in [1.29, 1.82) is 0 Å². The Morgan fingerprint density at radius 2 is 1.79 bits per heavy atom. The standard InChI is InChI=1S/C24H23N7O2/c1-33-22-8-7-20(32)11-19(22)12-25-23-21-15-31(29-24(21)27-16-26-23)14-18-5-3-17(4-6-18)13-30-10-2-9-28-30/h2-11,15-16,32H,12-14H2,1H3,(H,25,26,27,29). The highest BCUT2D eigenvalue weighted by Crippen LogP contribution is 2.25. The van der Waals surface area contributed by atoms with Crippen molar-refractivity contribution < 1.29 is 9.84 Å². The third kappa shape index (κ3) is 4.62. The number of hydrogen-bond donors (Lipinski definition) is 2. The zero-order valence-electron chi connectivity index (χ0n) is 18.1. The van der Waals surface area contributed by atoms with Crippen molar-refractivity contribution in [3.05, 3.63) is 90.1 Å². The molecule has 3 aromatic heterocycles. The van der Waals surface area contributed by atoms with E-state index in [0.29, 0.717) is 30.3 Å². The lowest BCUT2D eigenvalue weighted by Crippen LogP contribution is -2.03. The summed E-state index contributed by atoms with van der Waals surface area (Å²) in [6.45, 7) is 1.80. The third-order valence-electron chi connectivity index (χ3n) is 5.35. The first-order chi connectivity index (χ1) is 16.2. The molecule has 0 aliphatic rings. The smallest absolute Gasteiger partial charge is 0.186 e. The van der Waals surface area contributed by atoms with Gasteiger partial charge in [-0.25, -0.2) is 9.97 Å². The second-order valence-corrected chi connectivity index (χ2v) is 7.66. The van der Waals surface area contributed by atoms with Crippen molar-refractivity contribution in [3.8, 4) is 11.5 Å². The molecule has 0 aliphatic carbocycles. The number of methoxy groups -OCH3 is 1. The summed E-state index contributed by atoms with van der Waals surface area (Å²) in [7, 11) is 1.60. The zero-order chi connectivity index (χ0) is 22.6. The molecule has 0 unspecified atom stereocenters. The molecule has 5 aromatic rings. The minimum absolute atomic E-state index is 0.184. The molecule has 0 saturated carbocycles. The van der Waals surface area contributed by atoms with Crippen molar-refractivity contribution in [2.24, 2.45) is 0 Å². The van der Waals surface area contributed by atoms with Gasteiger partial charge in [0.1, 0.15) is 23.6 Å². The molecule has 33 heavy (non-hydrogen) atoms. The summed E-state index contributed by atoms with van der Waals surface area (Å²) in [5, 5.41) is 22.8. The molecular weight excluding hydrogens is 418 g/mol. The number of phenols is 1. The Labute approximate surface area is 190 Å². The van der Waals surface area contributed by atoms with Crippen LogP contribution < -0.4 is 10.1 Å². The summed E-state index contributed by atoms with van der Waals surface area (Å²) in [5.74, 6) is 1.55. The van der Waals surface area contributed by atoms with Crippen LogP contribution in [-0.4, -0.2) is 41.7 Å². The highest BCUT2D eigenvalue weighted by Gasteiger charge is 2.11.